The van der Waals surface area contributed by atoms with Crippen LogP contribution in [0.5, 0.6) is 0 Å². The van der Waals surface area contributed by atoms with E-state index in [1.807, 2.05) is 51.1 Å². The SMILES string of the molecule is CC(C)[C@@H](CNc1ccccc1)NC(=O)OC(C)(C)C. The van der Waals surface area contributed by atoms with Crippen molar-refractivity contribution in [3.63, 3.8) is 0 Å². The summed E-state index contributed by atoms with van der Waals surface area (Å²) in [6.45, 7) is 10.4. The Kier molecular flexibility index (Phi) is 5.86. The lowest BCUT2D eigenvalue weighted by Gasteiger charge is -2.26. The molecule has 0 heterocycles. The van der Waals surface area contributed by atoms with Crippen LogP contribution in [0.4, 0.5) is 10.5 Å². The first-order valence-corrected chi connectivity index (χ1v) is 7.06. The van der Waals surface area contributed by atoms with Crippen LogP contribution >= 0.6 is 0 Å². The topological polar surface area (TPSA) is 50.4 Å². The van der Waals surface area contributed by atoms with E-state index in [4.69, 9.17) is 4.74 Å². The number of hydrogen-bond donors (Lipinski definition) is 2. The molecule has 2 N–H and O–H groups in total. The molecule has 1 amide bonds. The van der Waals surface area contributed by atoms with Crippen molar-refractivity contribution in [2.75, 3.05) is 11.9 Å². The van der Waals surface area contributed by atoms with Gasteiger partial charge >= 0.3 is 6.09 Å². The second-order valence-electron chi connectivity index (χ2n) is 6.24. The second kappa shape index (κ2) is 7.17. The van der Waals surface area contributed by atoms with E-state index in [2.05, 4.69) is 24.5 Å². The zero-order valence-electron chi connectivity index (χ0n) is 13.1. The molecular formula is C16H26N2O2. The molecule has 0 aliphatic rings. The van der Waals surface area contributed by atoms with Crippen LogP contribution in [0.3, 0.4) is 0 Å². The summed E-state index contributed by atoms with van der Waals surface area (Å²) in [7, 11) is 0. The number of amides is 1. The largest absolute Gasteiger partial charge is 0.444 e. The van der Waals surface area contributed by atoms with Crippen molar-refractivity contribution in [1.82, 2.24) is 5.32 Å². The molecule has 112 valence electrons. The number of alkyl carbamates (subject to hydrolysis) is 1. The van der Waals surface area contributed by atoms with Gasteiger partial charge in [0, 0.05) is 12.2 Å². The maximum atomic E-state index is 11.8. The Morgan fingerprint density at radius 1 is 1.20 bits per heavy atom. The predicted molar refractivity (Wildman–Crippen MR) is 82.9 cm³/mol. The van der Waals surface area contributed by atoms with Crippen molar-refractivity contribution < 1.29 is 9.53 Å². The summed E-state index contributed by atoms with van der Waals surface area (Å²) in [6.07, 6.45) is -0.369. The van der Waals surface area contributed by atoms with Gasteiger partial charge in [0.2, 0.25) is 0 Å². The lowest BCUT2D eigenvalue weighted by atomic mass is 10.0. The quantitative estimate of drug-likeness (QED) is 0.864. The third-order valence-corrected chi connectivity index (χ3v) is 2.81. The zero-order valence-corrected chi connectivity index (χ0v) is 13.1. The minimum absolute atomic E-state index is 0.0186. The highest BCUT2D eigenvalue weighted by atomic mass is 16.6. The molecule has 0 unspecified atom stereocenters. The highest BCUT2D eigenvalue weighted by molar-refractivity contribution is 5.68. The van der Waals surface area contributed by atoms with E-state index in [-0.39, 0.29) is 12.1 Å². The van der Waals surface area contributed by atoms with Crippen LogP contribution in [0.25, 0.3) is 0 Å². The highest BCUT2D eigenvalue weighted by Crippen LogP contribution is 2.10. The molecule has 0 saturated carbocycles. The maximum Gasteiger partial charge on any atom is 0.407 e. The van der Waals surface area contributed by atoms with Gasteiger partial charge < -0.3 is 15.4 Å². The van der Waals surface area contributed by atoms with E-state index in [0.29, 0.717) is 12.5 Å². The molecular weight excluding hydrogens is 252 g/mol. The molecule has 0 aliphatic heterocycles. The van der Waals surface area contributed by atoms with Gasteiger partial charge in [-0.1, -0.05) is 32.0 Å². The average Bonchev–Trinajstić information content (AvgIpc) is 2.33. The van der Waals surface area contributed by atoms with E-state index in [0.717, 1.165) is 5.69 Å². The molecule has 0 spiro atoms. The first-order valence-electron chi connectivity index (χ1n) is 7.06. The van der Waals surface area contributed by atoms with Gasteiger partial charge in [-0.3, -0.25) is 0 Å². The molecule has 4 nitrogen and oxygen atoms in total. The molecule has 1 aromatic carbocycles. The Balaban J connectivity index is 2.51. The van der Waals surface area contributed by atoms with Crippen molar-refractivity contribution in [3.8, 4) is 0 Å². The fraction of sp³-hybridized carbons (Fsp3) is 0.562. The van der Waals surface area contributed by atoms with Crippen LogP contribution in [0, 0.1) is 5.92 Å². The Hall–Kier alpha value is -1.71. The van der Waals surface area contributed by atoms with Crippen molar-refractivity contribution in [3.05, 3.63) is 30.3 Å². The van der Waals surface area contributed by atoms with E-state index in [9.17, 15) is 4.79 Å². The van der Waals surface area contributed by atoms with E-state index in [1.165, 1.54) is 0 Å². The Labute approximate surface area is 121 Å². The first-order chi connectivity index (χ1) is 9.28. The number of para-hydroxylation sites is 1. The summed E-state index contributed by atoms with van der Waals surface area (Å²) >= 11 is 0. The number of ether oxygens (including phenoxy) is 1. The molecule has 0 radical (unpaired) electrons. The van der Waals surface area contributed by atoms with Crippen molar-refractivity contribution >= 4 is 11.8 Å². The van der Waals surface area contributed by atoms with Gasteiger partial charge in [-0.05, 0) is 38.8 Å². The van der Waals surface area contributed by atoms with Crippen molar-refractivity contribution in [2.45, 2.75) is 46.3 Å². The average molecular weight is 278 g/mol. The third kappa shape index (κ3) is 6.45. The molecule has 0 aliphatic carbocycles. The fourth-order valence-corrected chi connectivity index (χ4v) is 1.70. The minimum Gasteiger partial charge on any atom is -0.444 e. The number of benzene rings is 1. The zero-order chi connectivity index (χ0) is 15.2. The van der Waals surface area contributed by atoms with Crippen LogP contribution in [0.2, 0.25) is 0 Å². The third-order valence-electron chi connectivity index (χ3n) is 2.81. The first kappa shape index (κ1) is 16.3. The van der Waals surface area contributed by atoms with Gasteiger partial charge in [0.1, 0.15) is 5.60 Å². The van der Waals surface area contributed by atoms with Crippen molar-refractivity contribution in [1.29, 1.82) is 0 Å². The molecule has 1 atom stereocenters. The van der Waals surface area contributed by atoms with Crippen LogP contribution in [0.1, 0.15) is 34.6 Å². The van der Waals surface area contributed by atoms with Crippen LogP contribution in [0.15, 0.2) is 30.3 Å². The number of nitrogens with one attached hydrogen (secondary N) is 2. The number of hydrogen-bond acceptors (Lipinski definition) is 3. The molecule has 1 rings (SSSR count). The van der Waals surface area contributed by atoms with Gasteiger partial charge in [-0.2, -0.15) is 0 Å². The van der Waals surface area contributed by atoms with Crippen LogP contribution < -0.4 is 10.6 Å². The summed E-state index contributed by atoms with van der Waals surface area (Å²) in [5, 5.41) is 6.24. The van der Waals surface area contributed by atoms with Crippen LogP contribution in [-0.2, 0) is 4.74 Å². The Bertz CT molecular complexity index is 410. The summed E-state index contributed by atoms with van der Waals surface area (Å²) < 4.78 is 5.29. The summed E-state index contributed by atoms with van der Waals surface area (Å²) in [5.41, 5.74) is 0.572. The number of anilines is 1. The van der Waals surface area contributed by atoms with E-state index >= 15 is 0 Å². The fourth-order valence-electron chi connectivity index (χ4n) is 1.70. The van der Waals surface area contributed by atoms with Gasteiger partial charge in [0.15, 0.2) is 0 Å². The van der Waals surface area contributed by atoms with Gasteiger partial charge in [-0.25, -0.2) is 4.79 Å². The van der Waals surface area contributed by atoms with Crippen LogP contribution in [-0.4, -0.2) is 24.3 Å². The predicted octanol–water partition coefficient (Wildman–Crippen LogP) is 3.65. The van der Waals surface area contributed by atoms with Crippen molar-refractivity contribution in [2.24, 2.45) is 5.92 Å². The summed E-state index contributed by atoms with van der Waals surface area (Å²) in [4.78, 5) is 11.8. The normalized spacial score (nSPS) is 12.9. The lowest BCUT2D eigenvalue weighted by Crippen LogP contribution is -2.45. The standard InChI is InChI=1S/C16H26N2O2/c1-12(2)14(18-15(19)20-16(3,4)5)11-17-13-9-7-6-8-10-13/h6-10,12,14,17H,11H2,1-5H3,(H,18,19)/t14-/m1/s1. The molecule has 1 aromatic rings. The minimum atomic E-state index is -0.474. The molecule has 0 aromatic heterocycles. The van der Waals surface area contributed by atoms with Gasteiger partial charge in [-0.15, -0.1) is 0 Å². The lowest BCUT2D eigenvalue weighted by molar-refractivity contribution is 0.0494. The molecule has 0 saturated heterocycles. The second-order valence-corrected chi connectivity index (χ2v) is 6.24. The van der Waals surface area contributed by atoms with E-state index < -0.39 is 5.60 Å². The summed E-state index contributed by atoms with van der Waals surface area (Å²) in [5.74, 6) is 0.318. The number of rotatable bonds is 5. The van der Waals surface area contributed by atoms with E-state index in [1.54, 1.807) is 0 Å². The number of carbonyl (C=O) groups excluding carboxylic acids is 1. The molecule has 20 heavy (non-hydrogen) atoms. The Morgan fingerprint density at radius 2 is 1.80 bits per heavy atom. The number of carbonyl (C=O) groups is 1. The summed E-state index contributed by atoms with van der Waals surface area (Å²) in [6, 6.07) is 9.96. The highest BCUT2D eigenvalue weighted by Gasteiger charge is 2.21. The maximum absolute atomic E-state index is 11.8. The smallest absolute Gasteiger partial charge is 0.407 e. The molecule has 0 bridgehead atoms. The van der Waals surface area contributed by atoms with Gasteiger partial charge in [0.05, 0.1) is 6.04 Å². The molecule has 4 heteroatoms. The molecule has 0 fully saturated rings. The Morgan fingerprint density at radius 3 is 2.30 bits per heavy atom. The van der Waals surface area contributed by atoms with Gasteiger partial charge in [0.25, 0.3) is 0 Å². The monoisotopic (exact) mass is 278 g/mol.